The van der Waals surface area contributed by atoms with Crippen LogP contribution in [0, 0.1) is 0 Å². The summed E-state index contributed by atoms with van der Waals surface area (Å²) >= 11 is 0. The fraction of sp³-hybridized carbons (Fsp3) is 0.364. The molecule has 2 aromatic carbocycles. The lowest BCUT2D eigenvalue weighted by molar-refractivity contribution is -0.862. The quantitative estimate of drug-likeness (QED) is 0.629. The predicted molar refractivity (Wildman–Crippen MR) is 115 cm³/mol. The maximum absolute atomic E-state index is 12.3. The number of anilines is 3. The molecule has 1 atom stereocenters. The minimum absolute atomic E-state index is 0.117. The number of hydrogen-bond acceptors (Lipinski definition) is 4. The molecule has 1 heterocycles. The van der Waals surface area contributed by atoms with Crippen molar-refractivity contribution in [3.8, 4) is 5.75 Å². The zero-order valence-electron chi connectivity index (χ0n) is 17.0. The molecule has 1 aliphatic heterocycles. The third-order valence-corrected chi connectivity index (χ3v) is 4.92. The van der Waals surface area contributed by atoms with Crippen LogP contribution in [0.5, 0.6) is 5.75 Å². The third-order valence-electron chi connectivity index (χ3n) is 4.92. The summed E-state index contributed by atoms with van der Waals surface area (Å²) in [5.74, 6) is 0.472. The second kappa shape index (κ2) is 9.93. The first-order chi connectivity index (χ1) is 14.0. The van der Waals surface area contributed by atoms with E-state index in [1.807, 2.05) is 31.3 Å². The Balaban J connectivity index is 1.42. The van der Waals surface area contributed by atoms with E-state index >= 15 is 0 Å². The summed E-state index contributed by atoms with van der Waals surface area (Å²) in [5, 5.41) is 5.73. The van der Waals surface area contributed by atoms with Crippen LogP contribution in [-0.4, -0.2) is 52.2 Å². The zero-order chi connectivity index (χ0) is 20.6. The van der Waals surface area contributed by atoms with Crippen LogP contribution in [0.15, 0.2) is 48.5 Å². The predicted octanol–water partition coefficient (Wildman–Crippen LogP) is 1.39. The molecule has 1 saturated heterocycles. The molecule has 1 unspecified atom stereocenters. The molecule has 1 fully saturated rings. The lowest BCUT2D eigenvalue weighted by atomic mass is 10.2. The molecule has 0 aliphatic carbocycles. The molecule has 0 aromatic heterocycles. The van der Waals surface area contributed by atoms with E-state index in [1.165, 1.54) is 18.5 Å². The van der Waals surface area contributed by atoms with Gasteiger partial charge in [0.1, 0.15) is 5.75 Å². The fourth-order valence-electron chi connectivity index (χ4n) is 3.43. The SMILES string of the molecule is COc1ccc(NC(=O)C[NH+](C)CC(=O)Nc2ccc(N3CCCC3)cc2)cc1. The molecule has 0 spiro atoms. The van der Waals surface area contributed by atoms with Crippen LogP contribution < -0.4 is 25.2 Å². The number of likely N-dealkylation sites (N-methyl/N-ethyl adjacent to an activating group) is 1. The first-order valence-corrected chi connectivity index (χ1v) is 9.93. The lowest BCUT2D eigenvalue weighted by Crippen LogP contribution is -3.11. The van der Waals surface area contributed by atoms with Gasteiger partial charge in [-0.2, -0.15) is 0 Å². The van der Waals surface area contributed by atoms with Crippen LogP contribution in [0.4, 0.5) is 17.1 Å². The smallest absolute Gasteiger partial charge is 0.279 e. The highest BCUT2D eigenvalue weighted by molar-refractivity contribution is 5.93. The number of ether oxygens (including phenoxy) is 1. The Morgan fingerprint density at radius 3 is 1.86 bits per heavy atom. The molecule has 7 nitrogen and oxygen atoms in total. The van der Waals surface area contributed by atoms with Crippen molar-refractivity contribution in [1.29, 1.82) is 0 Å². The molecule has 3 rings (SSSR count). The molecule has 29 heavy (non-hydrogen) atoms. The fourth-order valence-corrected chi connectivity index (χ4v) is 3.43. The number of nitrogens with one attached hydrogen (secondary N) is 3. The largest absolute Gasteiger partial charge is 0.497 e. The second-order valence-corrected chi connectivity index (χ2v) is 7.38. The molecule has 7 heteroatoms. The van der Waals surface area contributed by atoms with Gasteiger partial charge in [0.15, 0.2) is 13.1 Å². The van der Waals surface area contributed by atoms with Gasteiger partial charge in [0.2, 0.25) is 0 Å². The van der Waals surface area contributed by atoms with Crippen molar-refractivity contribution >= 4 is 28.9 Å². The Kier molecular flexibility index (Phi) is 7.08. The molecule has 2 aromatic rings. The number of methoxy groups -OCH3 is 1. The first kappa shape index (κ1) is 20.7. The average molecular weight is 397 g/mol. The number of amides is 2. The van der Waals surface area contributed by atoms with Crippen LogP contribution in [0.2, 0.25) is 0 Å². The van der Waals surface area contributed by atoms with Gasteiger partial charge >= 0.3 is 0 Å². The molecule has 2 amide bonds. The number of carbonyl (C=O) groups is 2. The maximum Gasteiger partial charge on any atom is 0.279 e. The van der Waals surface area contributed by atoms with Crippen molar-refractivity contribution in [2.45, 2.75) is 12.8 Å². The monoisotopic (exact) mass is 397 g/mol. The maximum atomic E-state index is 12.3. The van der Waals surface area contributed by atoms with Crippen LogP contribution >= 0.6 is 0 Å². The minimum Gasteiger partial charge on any atom is -0.497 e. The van der Waals surface area contributed by atoms with Gasteiger partial charge in [-0.3, -0.25) is 9.59 Å². The second-order valence-electron chi connectivity index (χ2n) is 7.38. The van der Waals surface area contributed by atoms with Crippen LogP contribution in [-0.2, 0) is 9.59 Å². The van der Waals surface area contributed by atoms with Gasteiger partial charge in [-0.25, -0.2) is 0 Å². The highest BCUT2D eigenvalue weighted by Crippen LogP contribution is 2.21. The Morgan fingerprint density at radius 2 is 1.38 bits per heavy atom. The summed E-state index contributed by atoms with van der Waals surface area (Å²) in [6.07, 6.45) is 2.47. The average Bonchev–Trinajstić information content (AvgIpc) is 3.23. The standard InChI is InChI=1S/C22H28N4O3/c1-25(16-22(28)24-18-7-11-20(29-2)12-8-18)15-21(27)23-17-5-9-19(10-6-17)26-13-3-4-14-26/h5-12H,3-4,13-16H2,1-2H3,(H,23,27)(H,24,28)/p+1. The van der Waals surface area contributed by atoms with E-state index in [1.54, 1.807) is 31.4 Å². The number of rotatable bonds is 8. The van der Waals surface area contributed by atoms with Gasteiger partial charge < -0.3 is 25.2 Å². The Labute approximate surface area is 171 Å². The number of nitrogens with zero attached hydrogens (tertiary/aromatic N) is 1. The van der Waals surface area contributed by atoms with Gasteiger partial charge in [0.05, 0.1) is 14.2 Å². The summed E-state index contributed by atoms with van der Waals surface area (Å²) in [6.45, 7) is 2.61. The van der Waals surface area contributed by atoms with Gasteiger partial charge in [0, 0.05) is 30.2 Å². The van der Waals surface area contributed by atoms with Crippen LogP contribution in [0.1, 0.15) is 12.8 Å². The van der Waals surface area contributed by atoms with E-state index < -0.39 is 0 Å². The molecular weight excluding hydrogens is 368 g/mol. The van der Waals surface area contributed by atoms with Gasteiger partial charge in [-0.1, -0.05) is 0 Å². The van der Waals surface area contributed by atoms with Crippen molar-refractivity contribution in [2.75, 3.05) is 55.9 Å². The van der Waals surface area contributed by atoms with E-state index in [4.69, 9.17) is 4.74 Å². The summed E-state index contributed by atoms with van der Waals surface area (Å²) in [7, 11) is 3.42. The summed E-state index contributed by atoms with van der Waals surface area (Å²) in [5.41, 5.74) is 2.66. The molecule has 0 saturated carbocycles. The van der Waals surface area contributed by atoms with Gasteiger partial charge in [-0.15, -0.1) is 0 Å². The number of carbonyl (C=O) groups excluding carboxylic acids is 2. The van der Waals surface area contributed by atoms with E-state index in [2.05, 4.69) is 15.5 Å². The minimum atomic E-state index is -0.143. The molecule has 0 radical (unpaired) electrons. The highest BCUT2D eigenvalue weighted by Gasteiger charge is 2.15. The molecule has 154 valence electrons. The van der Waals surface area contributed by atoms with E-state index in [-0.39, 0.29) is 24.9 Å². The summed E-state index contributed by atoms with van der Waals surface area (Å²) in [6, 6.07) is 15.1. The Morgan fingerprint density at radius 1 is 0.897 bits per heavy atom. The Bertz CT molecular complexity index is 815. The molecule has 3 N–H and O–H groups in total. The van der Waals surface area contributed by atoms with Crippen LogP contribution in [0.25, 0.3) is 0 Å². The molecule has 0 bridgehead atoms. The van der Waals surface area contributed by atoms with Crippen molar-refractivity contribution in [2.24, 2.45) is 0 Å². The third kappa shape index (κ3) is 6.22. The number of hydrogen-bond donors (Lipinski definition) is 3. The summed E-state index contributed by atoms with van der Waals surface area (Å²) < 4.78 is 5.10. The van der Waals surface area contributed by atoms with E-state index in [0.717, 1.165) is 29.4 Å². The van der Waals surface area contributed by atoms with E-state index in [0.29, 0.717) is 5.69 Å². The van der Waals surface area contributed by atoms with Crippen molar-refractivity contribution < 1.29 is 19.2 Å². The summed E-state index contributed by atoms with van der Waals surface area (Å²) in [4.78, 5) is 27.6. The van der Waals surface area contributed by atoms with Crippen LogP contribution in [0.3, 0.4) is 0 Å². The first-order valence-electron chi connectivity index (χ1n) is 9.93. The normalized spacial score (nSPS) is 14.3. The zero-order valence-corrected chi connectivity index (χ0v) is 17.0. The van der Waals surface area contributed by atoms with Crippen molar-refractivity contribution in [3.63, 3.8) is 0 Å². The highest BCUT2D eigenvalue weighted by atomic mass is 16.5. The van der Waals surface area contributed by atoms with Gasteiger partial charge in [0.25, 0.3) is 11.8 Å². The molecular formula is C22H29N4O3+. The van der Waals surface area contributed by atoms with Gasteiger partial charge in [-0.05, 0) is 61.4 Å². The Hall–Kier alpha value is -3.06. The van der Waals surface area contributed by atoms with Crippen molar-refractivity contribution in [3.05, 3.63) is 48.5 Å². The number of benzene rings is 2. The lowest BCUT2D eigenvalue weighted by Gasteiger charge is -2.18. The topological polar surface area (TPSA) is 75.1 Å². The number of quaternary nitrogens is 1. The molecule has 1 aliphatic rings. The van der Waals surface area contributed by atoms with Crippen molar-refractivity contribution in [1.82, 2.24) is 0 Å². The van der Waals surface area contributed by atoms with E-state index in [9.17, 15) is 9.59 Å².